The number of hydrogen-bond acceptors (Lipinski definition) is 3. The summed E-state index contributed by atoms with van der Waals surface area (Å²) in [5.41, 5.74) is 0.884. The van der Waals surface area contributed by atoms with E-state index in [2.05, 4.69) is 10.4 Å². The van der Waals surface area contributed by atoms with Gasteiger partial charge in [-0.05, 0) is 13.5 Å². The van der Waals surface area contributed by atoms with Crippen LogP contribution in [-0.2, 0) is 11.8 Å². The Morgan fingerprint density at radius 1 is 1.64 bits per heavy atom. The molecule has 0 bridgehead atoms. The minimum atomic E-state index is -0.0322. The van der Waals surface area contributed by atoms with Crippen LogP contribution in [0.1, 0.15) is 6.42 Å². The van der Waals surface area contributed by atoms with Crippen LogP contribution in [0.2, 0.25) is 0 Å². The molecule has 76 valence electrons. The number of nitrogens with one attached hydrogen (secondary N) is 1. The lowest BCUT2D eigenvalue weighted by molar-refractivity contribution is -0.118. The molecular weight excluding hydrogens is 180 g/mol. The Hall–Kier alpha value is -1.36. The molecule has 5 heteroatoms. The van der Waals surface area contributed by atoms with Crippen molar-refractivity contribution in [2.24, 2.45) is 7.05 Å². The normalized spacial score (nSPS) is 22.0. The van der Waals surface area contributed by atoms with Crippen LogP contribution in [0, 0.1) is 0 Å². The first kappa shape index (κ1) is 9.21. The van der Waals surface area contributed by atoms with E-state index in [1.54, 1.807) is 15.8 Å². The highest BCUT2D eigenvalue weighted by Gasteiger charge is 2.31. The van der Waals surface area contributed by atoms with Crippen LogP contribution in [0.5, 0.6) is 0 Å². The molecule has 14 heavy (non-hydrogen) atoms. The van der Waals surface area contributed by atoms with Crippen molar-refractivity contribution in [3.63, 3.8) is 0 Å². The van der Waals surface area contributed by atoms with Crippen molar-refractivity contribution in [3.8, 4) is 0 Å². The Morgan fingerprint density at radius 2 is 2.43 bits per heavy atom. The first-order chi connectivity index (χ1) is 6.72. The summed E-state index contributed by atoms with van der Waals surface area (Å²) in [7, 11) is 3.66. The molecule has 2 rings (SSSR count). The van der Waals surface area contributed by atoms with Crippen LogP contribution in [0.3, 0.4) is 0 Å². The fourth-order valence-corrected chi connectivity index (χ4v) is 1.75. The number of nitrogens with zero attached hydrogens (tertiary/aromatic N) is 3. The third-order valence-electron chi connectivity index (χ3n) is 2.56. The molecule has 0 aliphatic carbocycles. The Bertz CT molecular complexity index is 346. The van der Waals surface area contributed by atoms with Gasteiger partial charge in [-0.15, -0.1) is 0 Å². The Balaban J connectivity index is 2.17. The third-order valence-corrected chi connectivity index (χ3v) is 2.56. The van der Waals surface area contributed by atoms with E-state index in [1.807, 2.05) is 20.3 Å². The van der Waals surface area contributed by atoms with Gasteiger partial charge in [-0.1, -0.05) is 0 Å². The topological polar surface area (TPSA) is 50.2 Å². The van der Waals surface area contributed by atoms with Crippen molar-refractivity contribution in [2.45, 2.75) is 12.5 Å². The average Bonchev–Trinajstić information content (AvgIpc) is 2.72. The van der Waals surface area contributed by atoms with Crippen LogP contribution in [0.4, 0.5) is 5.69 Å². The molecule has 0 spiro atoms. The lowest BCUT2D eigenvalue weighted by Gasteiger charge is -2.13. The van der Waals surface area contributed by atoms with Crippen molar-refractivity contribution in [1.29, 1.82) is 0 Å². The van der Waals surface area contributed by atoms with Crippen LogP contribution in [-0.4, -0.2) is 35.3 Å². The van der Waals surface area contributed by atoms with Gasteiger partial charge in [0.1, 0.15) is 0 Å². The number of aromatic nitrogens is 2. The van der Waals surface area contributed by atoms with Crippen molar-refractivity contribution < 1.29 is 4.79 Å². The molecule has 1 fully saturated rings. The van der Waals surface area contributed by atoms with Gasteiger partial charge in [0.15, 0.2) is 0 Å². The summed E-state index contributed by atoms with van der Waals surface area (Å²) >= 11 is 0. The van der Waals surface area contributed by atoms with E-state index in [-0.39, 0.29) is 11.9 Å². The second-order valence-electron chi connectivity index (χ2n) is 3.49. The summed E-state index contributed by atoms with van der Waals surface area (Å²) in [5.74, 6) is 0.139. The van der Waals surface area contributed by atoms with Crippen molar-refractivity contribution in [3.05, 3.63) is 12.4 Å². The van der Waals surface area contributed by atoms with E-state index in [4.69, 9.17) is 0 Å². The molecule has 1 atom stereocenters. The van der Waals surface area contributed by atoms with Gasteiger partial charge in [0.2, 0.25) is 5.91 Å². The Kier molecular flexibility index (Phi) is 2.25. The summed E-state index contributed by atoms with van der Waals surface area (Å²) in [6, 6.07) is -0.0322. The summed E-state index contributed by atoms with van der Waals surface area (Å²) in [6.45, 7) is 0.774. The summed E-state index contributed by atoms with van der Waals surface area (Å²) in [6.07, 6.45) is 4.44. The maximum absolute atomic E-state index is 11.8. The number of rotatable bonds is 2. The SMILES string of the molecule is CNC1CCN(c2cnn(C)c2)C1=O. The number of carbonyl (C=O) groups excluding carboxylic acids is 1. The molecule has 1 aliphatic rings. The fourth-order valence-electron chi connectivity index (χ4n) is 1.75. The van der Waals surface area contributed by atoms with E-state index in [0.717, 1.165) is 18.7 Å². The lowest BCUT2D eigenvalue weighted by atomic mass is 10.3. The van der Waals surface area contributed by atoms with E-state index in [0.29, 0.717) is 0 Å². The van der Waals surface area contributed by atoms with E-state index in [9.17, 15) is 4.79 Å². The molecule has 0 radical (unpaired) electrons. The van der Waals surface area contributed by atoms with Crippen LogP contribution < -0.4 is 10.2 Å². The Morgan fingerprint density at radius 3 is 2.93 bits per heavy atom. The number of amides is 1. The van der Waals surface area contributed by atoms with Crippen molar-refractivity contribution >= 4 is 11.6 Å². The van der Waals surface area contributed by atoms with Gasteiger partial charge in [0, 0.05) is 19.8 Å². The lowest BCUT2D eigenvalue weighted by Crippen LogP contribution is -2.36. The van der Waals surface area contributed by atoms with Gasteiger partial charge >= 0.3 is 0 Å². The summed E-state index contributed by atoms with van der Waals surface area (Å²) < 4.78 is 1.70. The molecule has 5 nitrogen and oxygen atoms in total. The quantitative estimate of drug-likeness (QED) is 0.706. The number of carbonyl (C=O) groups is 1. The van der Waals surface area contributed by atoms with Gasteiger partial charge < -0.3 is 10.2 Å². The zero-order chi connectivity index (χ0) is 10.1. The molecular formula is C9H14N4O. The maximum Gasteiger partial charge on any atom is 0.244 e. The van der Waals surface area contributed by atoms with Crippen LogP contribution in [0.25, 0.3) is 0 Å². The molecule has 0 aromatic carbocycles. The number of anilines is 1. The van der Waals surface area contributed by atoms with E-state index < -0.39 is 0 Å². The second kappa shape index (κ2) is 3.42. The van der Waals surface area contributed by atoms with Crippen LogP contribution >= 0.6 is 0 Å². The highest BCUT2D eigenvalue weighted by atomic mass is 16.2. The molecule has 0 saturated carbocycles. The molecule has 2 heterocycles. The zero-order valence-corrected chi connectivity index (χ0v) is 8.40. The first-order valence-corrected chi connectivity index (χ1v) is 4.69. The average molecular weight is 194 g/mol. The van der Waals surface area contributed by atoms with Gasteiger partial charge in [-0.25, -0.2) is 0 Å². The number of aryl methyl sites for hydroxylation is 1. The maximum atomic E-state index is 11.8. The van der Waals surface area contributed by atoms with Crippen LogP contribution in [0.15, 0.2) is 12.4 Å². The Labute approximate surface area is 82.7 Å². The predicted molar refractivity (Wildman–Crippen MR) is 53.0 cm³/mol. The molecule has 1 aromatic heterocycles. The predicted octanol–water partition coefficient (Wildman–Crippen LogP) is -0.255. The highest BCUT2D eigenvalue weighted by molar-refractivity contribution is 5.99. The molecule has 1 saturated heterocycles. The largest absolute Gasteiger partial charge is 0.309 e. The van der Waals surface area contributed by atoms with Gasteiger partial charge in [0.05, 0.1) is 17.9 Å². The molecule has 1 aromatic rings. The number of likely N-dealkylation sites (N-methyl/N-ethyl adjacent to an activating group) is 1. The van der Waals surface area contributed by atoms with E-state index >= 15 is 0 Å². The van der Waals surface area contributed by atoms with Gasteiger partial charge in [-0.3, -0.25) is 9.48 Å². The first-order valence-electron chi connectivity index (χ1n) is 4.69. The van der Waals surface area contributed by atoms with Crippen molar-refractivity contribution in [1.82, 2.24) is 15.1 Å². The minimum Gasteiger partial charge on any atom is -0.309 e. The third kappa shape index (κ3) is 1.39. The molecule has 1 aliphatic heterocycles. The van der Waals surface area contributed by atoms with Gasteiger partial charge in [0.25, 0.3) is 0 Å². The summed E-state index contributed by atoms with van der Waals surface area (Å²) in [4.78, 5) is 13.5. The highest BCUT2D eigenvalue weighted by Crippen LogP contribution is 2.20. The standard InChI is InChI=1S/C9H14N4O/c1-10-8-3-4-13(9(8)14)7-5-11-12(2)6-7/h5-6,8,10H,3-4H2,1-2H3. The van der Waals surface area contributed by atoms with Gasteiger partial charge in [-0.2, -0.15) is 5.10 Å². The molecule has 1 amide bonds. The minimum absolute atomic E-state index is 0.0322. The monoisotopic (exact) mass is 194 g/mol. The smallest absolute Gasteiger partial charge is 0.244 e. The molecule has 1 N–H and O–H groups in total. The number of hydrogen-bond donors (Lipinski definition) is 1. The van der Waals surface area contributed by atoms with Crippen molar-refractivity contribution in [2.75, 3.05) is 18.5 Å². The second-order valence-corrected chi connectivity index (χ2v) is 3.49. The fraction of sp³-hybridized carbons (Fsp3) is 0.556. The zero-order valence-electron chi connectivity index (χ0n) is 8.40. The van der Waals surface area contributed by atoms with E-state index in [1.165, 1.54) is 0 Å². The summed E-state index contributed by atoms with van der Waals surface area (Å²) in [5, 5.41) is 7.05. The molecule has 1 unspecified atom stereocenters.